The number of aromatic nitrogens is 1. The maximum atomic E-state index is 12.0. The highest BCUT2D eigenvalue weighted by molar-refractivity contribution is 7.13. The fraction of sp³-hybridized carbons (Fsp3) is 0.286. The van der Waals surface area contributed by atoms with Gasteiger partial charge in [-0.25, -0.2) is 4.98 Å². The van der Waals surface area contributed by atoms with Gasteiger partial charge in [-0.05, 0) is 12.1 Å². The lowest BCUT2D eigenvalue weighted by atomic mass is 10.0. The quantitative estimate of drug-likeness (QED) is 0.856. The van der Waals surface area contributed by atoms with E-state index in [0.29, 0.717) is 23.2 Å². The molecule has 1 aliphatic heterocycles. The van der Waals surface area contributed by atoms with Crippen molar-refractivity contribution in [2.45, 2.75) is 0 Å². The molecule has 0 atom stereocenters. The van der Waals surface area contributed by atoms with Crippen LogP contribution in [0.5, 0.6) is 0 Å². The summed E-state index contributed by atoms with van der Waals surface area (Å²) in [5.74, 6) is 0.436. The number of carbonyl (C=O) groups excluding carboxylic acids is 1. The van der Waals surface area contributed by atoms with Crippen molar-refractivity contribution in [2.24, 2.45) is 5.92 Å². The average Bonchev–Trinajstić information content (AvgIpc) is 2.86. The molecule has 2 aromatic rings. The Labute approximate surface area is 150 Å². The molecule has 1 saturated heterocycles. The van der Waals surface area contributed by atoms with E-state index in [-0.39, 0.29) is 30.7 Å². The lowest BCUT2D eigenvalue weighted by Gasteiger charge is -2.26. The van der Waals surface area contributed by atoms with Crippen LogP contribution in [0.2, 0.25) is 5.02 Å². The highest BCUT2D eigenvalue weighted by atomic mass is 35.5. The highest BCUT2D eigenvalue weighted by Crippen LogP contribution is 2.25. The summed E-state index contributed by atoms with van der Waals surface area (Å²) >= 11 is 7.41. The normalized spacial score (nSPS) is 13.5. The number of nitrogens with zero attached hydrogens (tertiary/aromatic N) is 1. The van der Waals surface area contributed by atoms with Crippen LogP contribution in [0.3, 0.4) is 0 Å². The van der Waals surface area contributed by atoms with Crippen LogP contribution in [0, 0.1) is 5.92 Å². The molecule has 1 fully saturated rings. The van der Waals surface area contributed by atoms with E-state index in [9.17, 15) is 4.79 Å². The van der Waals surface area contributed by atoms with Crippen molar-refractivity contribution in [1.29, 1.82) is 0 Å². The first-order valence-corrected chi connectivity index (χ1v) is 7.68. The predicted molar refractivity (Wildman–Crippen MR) is 95.7 cm³/mol. The Bertz CT molecular complexity index is 631. The molecule has 0 saturated carbocycles. The van der Waals surface area contributed by atoms with Gasteiger partial charge in [0.2, 0.25) is 0 Å². The minimum absolute atomic E-state index is 0. The van der Waals surface area contributed by atoms with Gasteiger partial charge < -0.3 is 10.6 Å². The van der Waals surface area contributed by atoms with E-state index in [2.05, 4.69) is 15.6 Å². The van der Waals surface area contributed by atoms with Crippen LogP contribution >= 0.6 is 47.8 Å². The van der Waals surface area contributed by atoms with Crippen molar-refractivity contribution in [3.63, 3.8) is 0 Å². The summed E-state index contributed by atoms with van der Waals surface area (Å²) in [5, 5.41) is 9.35. The number of amides is 1. The minimum Gasteiger partial charge on any atom is -0.350 e. The number of nitrogens with one attached hydrogen (secondary N) is 2. The molecule has 1 aromatic carbocycles. The summed E-state index contributed by atoms with van der Waals surface area (Å²) in [7, 11) is 0. The number of thiazole rings is 1. The van der Waals surface area contributed by atoms with Gasteiger partial charge in [-0.2, -0.15) is 0 Å². The van der Waals surface area contributed by atoms with E-state index in [1.165, 1.54) is 11.3 Å². The molecule has 1 amide bonds. The van der Waals surface area contributed by atoms with Crippen molar-refractivity contribution in [3.8, 4) is 10.6 Å². The van der Waals surface area contributed by atoms with Crippen LogP contribution in [0.25, 0.3) is 10.6 Å². The lowest BCUT2D eigenvalue weighted by Crippen LogP contribution is -2.48. The summed E-state index contributed by atoms with van der Waals surface area (Å²) in [6, 6.07) is 7.48. The topological polar surface area (TPSA) is 54.0 Å². The molecular weight excluding hydrogens is 365 g/mol. The van der Waals surface area contributed by atoms with Crippen LogP contribution in [0.4, 0.5) is 0 Å². The Hall–Kier alpha value is -0.850. The van der Waals surface area contributed by atoms with E-state index in [0.717, 1.165) is 23.7 Å². The maximum absolute atomic E-state index is 12.0. The van der Waals surface area contributed by atoms with Crippen LogP contribution in [-0.2, 0) is 0 Å². The Kier molecular flexibility index (Phi) is 7.59. The van der Waals surface area contributed by atoms with Gasteiger partial charge in [0, 0.05) is 41.5 Å². The molecule has 120 valence electrons. The fourth-order valence-electron chi connectivity index (χ4n) is 1.95. The maximum Gasteiger partial charge on any atom is 0.270 e. The molecule has 0 radical (unpaired) electrons. The second kappa shape index (κ2) is 8.70. The second-order valence-electron chi connectivity index (χ2n) is 4.78. The van der Waals surface area contributed by atoms with Crippen molar-refractivity contribution in [1.82, 2.24) is 15.6 Å². The number of hydrogen-bond donors (Lipinski definition) is 2. The highest BCUT2D eigenvalue weighted by Gasteiger charge is 2.18. The fourth-order valence-corrected chi connectivity index (χ4v) is 2.94. The standard InChI is InChI=1S/C14H14ClN3OS.2ClH/c15-11-3-1-2-10(4-11)14-18-12(8-20-14)13(19)17-7-9-5-16-6-9;;/h1-4,8-9,16H,5-7H2,(H,17,19);2*1H. The molecule has 22 heavy (non-hydrogen) atoms. The number of carbonyl (C=O) groups is 1. The van der Waals surface area contributed by atoms with Gasteiger partial charge in [0.25, 0.3) is 5.91 Å². The van der Waals surface area contributed by atoms with Crippen LogP contribution in [0.1, 0.15) is 10.5 Å². The molecule has 3 rings (SSSR count). The van der Waals surface area contributed by atoms with E-state index < -0.39 is 0 Å². The zero-order chi connectivity index (χ0) is 13.9. The van der Waals surface area contributed by atoms with Gasteiger partial charge in [-0.3, -0.25) is 4.79 Å². The zero-order valence-corrected chi connectivity index (χ0v) is 14.7. The predicted octanol–water partition coefficient (Wildman–Crippen LogP) is 3.26. The molecular formula is C14H16Cl3N3OS. The first-order valence-electron chi connectivity index (χ1n) is 6.43. The first-order chi connectivity index (χ1) is 9.72. The third-order valence-electron chi connectivity index (χ3n) is 3.23. The van der Waals surface area contributed by atoms with Gasteiger partial charge in [0.05, 0.1) is 0 Å². The van der Waals surface area contributed by atoms with Crippen molar-refractivity contribution in [3.05, 3.63) is 40.4 Å². The third kappa shape index (κ3) is 4.57. The molecule has 8 heteroatoms. The van der Waals surface area contributed by atoms with Gasteiger partial charge in [-0.15, -0.1) is 36.2 Å². The van der Waals surface area contributed by atoms with Crippen molar-refractivity contribution >= 4 is 53.7 Å². The van der Waals surface area contributed by atoms with Crippen molar-refractivity contribution in [2.75, 3.05) is 19.6 Å². The summed E-state index contributed by atoms with van der Waals surface area (Å²) in [5.41, 5.74) is 1.40. The zero-order valence-electron chi connectivity index (χ0n) is 11.5. The molecule has 0 bridgehead atoms. The summed E-state index contributed by atoms with van der Waals surface area (Å²) < 4.78 is 0. The number of halogens is 3. The Morgan fingerprint density at radius 2 is 2.18 bits per heavy atom. The molecule has 2 N–H and O–H groups in total. The van der Waals surface area contributed by atoms with Crippen molar-refractivity contribution < 1.29 is 4.79 Å². The lowest BCUT2D eigenvalue weighted by molar-refractivity contribution is 0.0938. The summed E-state index contributed by atoms with van der Waals surface area (Å²) in [4.78, 5) is 16.4. The van der Waals surface area contributed by atoms with Crippen LogP contribution in [0.15, 0.2) is 29.6 Å². The molecule has 0 spiro atoms. The SMILES string of the molecule is Cl.Cl.O=C(NCC1CNC1)c1csc(-c2cccc(Cl)c2)n1. The molecule has 0 unspecified atom stereocenters. The number of hydrogen-bond acceptors (Lipinski definition) is 4. The molecule has 4 nitrogen and oxygen atoms in total. The van der Waals surface area contributed by atoms with E-state index in [4.69, 9.17) is 11.6 Å². The molecule has 0 aliphatic carbocycles. The Balaban J connectivity index is 0.00000121. The Morgan fingerprint density at radius 3 is 2.82 bits per heavy atom. The monoisotopic (exact) mass is 379 g/mol. The van der Waals surface area contributed by atoms with Gasteiger partial charge in [0.15, 0.2) is 0 Å². The number of rotatable bonds is 4. The van der Waals surface area contributed by atoms with Crippen LogP contribution in [-0.4, -0.2) is 30.5 Å². The second-order valence-corrected chi connectivity index (χ2v) is 6.08. The minimum atomic E-state index is -0.110. The summed E-state index contributed by atoms with van der Waals surface area (Å²) in [6.07, 6.45) is 0. The molecule has 1 aromatic heterocycles. The smallest absolute Gasteiger partial charge is 0.270 e. The van der Waals surface area contributed by atoms with E-state index in [1.807, 2.05) is 24.3 Å². The van der Waals surface area contributed by atoms with Gasteiger partial charge >= 0.3 is 0 Å². The van der Waals surface area contributed by atoms with Gasteiger partial charge in [0.1, 0.15) is 10.7 Å². The summed E-state index contributed by atoms with van der Waals surface area (Å²) in [6.45, 7) is 2.66. The van der Waals surface area contributed by atoms with E-state index in [1.54, 1.807) is 5.38 Å². The van der Waals surface area contributed by atoms with E-state index >= 15 is 0 Å². The third-order valence-corrected chi connectivity index (χ3v) is 4.35. The Morgan fingerprint density at radius 1 is 1.41 bits per heavy atom. The molecule has 2 heterocycles. The van der Waals surface area contributed by atoms with Crippen LogP contribution < -0.4 is 10.6 Å². The first kappa shape index (κ1) is 19.2. The largest absolute Gasteiger partial charge is 0.350 e. The van der Waals surface area contributed by atoms with Gasteiger partial charge in [-0.1, -0.05) is 23.7 Å². The molecule has 1 aliphatic rings. The average molecular weight is 381 g/mol. The number of benzene rings is 1.